The van der Waals surface area contributed by atoms with Crippen molar-refractivity contribution in [3.8, 4) is 0 Å². The van der Waals surface area contributed by atoms with Gasteiger partial charge >= 0.3 is 5.63 Å². The molecule has 1 atom stereocenters. The molecule has 0 radical (unpaired) electrons. The van der Waals surface area contributed by atoms with Crippen molar-refractivity contribution in [3.05, 3.63) is 45.8 Å². The zero-order valence-electron chi connectivity index (χ0n) is 11.5. The molecule has 20 heavy (non-hydrogen) atoms. The molecule has 0 amide bonds. The summed E-state index contributed by atoms with van der Waals surface area (Å²) in [5.41, 5.74) is 8.43. The average molecular weight is 295 g/mol. The van der Waals surface area contributed by atoms with E-state index in [0.29, 0.717) is 5.58 Å². The highest BCUT2D eigenvalue weighted by Gasteiger charge is 2.20. The number of hydrogen-bond donors (Lipinski definition) is 1. The molecule has 0 unspecified atom stereocenters. The second-order valence-electron chi connectivity index (χ2n) is 5.37. The van der Waals surface area contributed by atoms with Crippen molar-refractivity contribution in [1.82, 2.24) is 4.90 Å². The zero-order chi connectivity index (χ0) is 13.4. The van der Waals surface area contributed by atoms with Gasteiger partial charge in [0.2, 0.25) is 0 Å². The minimum absolute atomic E-state index is 0. The Kier molecular flexibility index (Phi) is 4.48. The summed E-state index contributed by atoms with van der Waals surface area (Å²) in [7, 11) is 0. The third-order valence-corrected chi connectivity index (χ3v) is 3.69. The molecular formula is C15H19ClN2O2. The van der Waals surface area contributed by atoms with Crippen LogP contribution in [0.5, 0.6) is 0 Å². The molecule has 3 rings (SSSR count). The summed E-state index contributed by atoms with van der Waals surface area (Å²) in [5.74, 6) is 0. The molecule has 4 nitrogen and oxygen atoms in total. The molecular weight excluding hydrogens is 276 g/mol. The molecule has 5 heteroatoms. The average Bonchev–Trinajstić information content (AvgIpc) is 2.74. The van der Waals surface area contributed by atoms with Crippen LogP contribution < -0.4 is 11.4 Å². The summed E-state index contributed by atoms with van der Waals surface area (Å²) < 4.78 is 5.27. The number of aryl methyl sites for hydroxylation is 1. The number of nitrogens with two attached hydrogens (primary N) is 1. The van der Waals surface area contributed by atoms with E-state index in [4.69, 9.17) is 10.2 Å². The Labute approximate surface area is 124 Å². The number of hydrogen-bond acceptors (Lipinski definition) is 4. The van der Waals surface area contributed by atoms with Crippen LogP contribution in [-0.2, 0) is 6.54 Å². The fraction of sp³-hybridized carbons (Fsp3) is 0.400. The largest absolute Gasteiger partial charge is 0.423 e. The second kappa shape index (κ2) is 5.95. The summed E-state index contributed by atoms with van der Waals surface area (Å²) >= 11 is 0. The van der Waals surface area contributed by atoms with Gasteiger partial charge in [-0.1, -0.05) is 12.1 Å². The predicted octanol–water partition coefficient (Wildman–Crippen LogP) is 2.06. The van der Waals surface area contributed by atoms with Crippen LogP contribution in [0, 0.1) is 6.92 Å². The molecule has 1 aromatic carbocycles. The van der Waals surface area contributed by atoms with Crippen molar-refractivity contribution in [1.29, 1.82) is 0 Å². The van der Waals surface area contributed by atoms with E-state index in [1.165, 1.54) is 0 Å². The lowest BCUT2D eigenvalue weighted by molar-refractivity contribution is 0.327. The zero-order valence-corrected chi connectivity index (χ0v) is 12.3. The Morgan fingerprint density at radius 1 is 1.40 bits per heavy atom. The predicted molar refractivity (Wildman–Crippen MR) is 82.3 cm³/mol. The van der Waals surface area contributed by atoms with Crippen molar-refractivity contribution >= 4 is 23.4 Å². The SMILES string of the molecule is Cc1ccc2c(CN3CC[C@H](N)C3)cc(=O)oc2c1.Cl. The highest BCUT2D eigenvalue weighted by Crippen LogP contribution is 2.21. The van der Waals surface area contributed by atoms with Gasteiger partial charge in [0.25, 0.3) is 0 Å². The van der Waals surface area contributed by atoms with Crippen molar-refractivity contribution in [3.63, 3.8) is 0 Å². The molecule has 0 spiro atoms. The first kappa shape index (κ1) is 15.0. The Bertz CT molecular complexity index is 668. The van der Waals surface area contributed by atoms with Crippen LogP contribution in [0.2, 0.25) is 0 Å². The molecule has 0 aliphatic carbocycles. The first-order chi connectivity index (χ1) is 9.11. The Morgan fingerprint density at radius 2 is 2.20 bits per heavy atom. The van der Waals surface area contributed by atoms with Gasteiger partial charge in [-0.2, -0.15) is 0 Å². The summed E-state index contributed by atoms with van der Waals surface area (Å²) in [4.78, 5) is 13.9. The minimum Gasteiger partial charge on any atom is -0.423 e. The minimum atomic E-state index is -0.281. The monoisotopic (exact) mass is 294 g/mol. The van der Waals surface area contributed by atoms with Crippen molar-refractivity contribution < 1.29 is 4.42 Å². The van der Waals surface area contributed by atoms with Crippen LogP contribution in [0.1, 0.15) is 17.5 Å². The van der Waals surface area contributed by atoms with Crippen LogP contribution >= 0.6 is 12.4 Å². The molecule has 2 N–H and O–H groups in total. The highest BCUT2D eigenvalue weighted by atomic mass is 35.5. The van der Waals surface area contributed by atoms with Gasteiger partial charge in [-0.3, -0.25) is 4.90 Å². The van der Waals surface area contributed by atoms with E-state index < -0.39 is 0 Å². The lowest BCUT2D eigenvalue weighted by atomic mass is 10.1. The topological polar surface area (TPSA) is 59.5 Å². The maximum atomic E-state index is 11.6. The van der Waals surface area contributed by atoms with Crippen LogP contribution in [0.3, 0.4) is 0 Å². The van der Waals surface area contributed by atoms with Gasteiger partial charge in [0.05, 0.1) is 0 Å². The third-order valence-electron chi connectivity index (χ3n) is 3.69. The summed E-state index contributed by atoms with van der Waals surface area (Å²) in [6, 6.07) is 7.84. The molecule has 1 fully saturated rings. The molecule has 0 saturated carbocycles. The van der Waals surface area contributed by atoms with Gasteiger partial charge in [-0.25, -0.2) is 4.79 Å². The van der Waals surface area contributed by atoms with Crippen LogP contribution in [0.4, 0.5) is 0 Å². The standard InChI is InChI=1S/C15H18N2O2.ClH/c1-10-2-3-13-11(7-15(18)19-14(13)6-10)8-17-5-4-12(16)9-17;/h2-3,6-7,12H,4-5,8-9,16H2,1H3;1H/t12-;/m0./s1. The van der Waals surface area contributed by atoms with Crippen molar-refractivity contribution in [2.24, 2.45) is 5.73 Å². The van der Waals surface area contributed by atoms with Gasteiger partial charge in [0.15, 0.2) is 0 Å². The molecule has 1 aliphatic heterocycles. The van der Waals surface area contributed by atoms with Crippen molar-refractivity contribution in [2.75, 3.05) is 13.1 Å². The Balaban J connectivity index is 0.00000147. The number of nitrogens with zero attached hydrogens (tertiary/aromatic N) is 1. The van der Waals surface area contributed by atoms with Crippen LogP contribution in [0.15, 0.2) is 33.5 Å². The number of likely N-dealkylation sites (tertiary alicyclic amines) is 1. The van der Waals surface area contributed by atoms with Crippen LogP contribution in [-0.4, -0.2) is 24.0 Å². The Morgan fingerprint density at radius 3 is 2.90 bits per heavy atom. The Hall–Kier alpha value is -1.36. The van der Waals surface area contributed by atoms with E-state index in [1.807, 2.05) is 25.1 Å². The lowest BCUT2D eigenvalue weighted by Gasteiger charge is -2.16. The molecule has 2 aromatic rings. The van der Waals surface area contributed by atoms with Gasteiger partial charge in [0.1, 0.15) is 5.58 Å². The fourth-order valence-electron chi connectivity index (χ4n) is 2.72. The molecule has 1 saturated heterocycles. The molecule has 2 heterocycles. The van der Waals surface area contributed by atoms with E-state index in [9.17, 15) is 4.79 Å². The first-order valence-electron chi connectivity index (χ1n) is 6.63. The number of rotatable bonds is 2. The van der Waals surface area contributed by atoms with E-state index in [1.54, 1.807) is 6.07 Å². The van der Waals surface area contributed by atoms with E-state index in [2.05, 4.69) is 4.90 Å². The van der Waals surface area contributed by atoms with E-state index in [-0.39, 0.29) is 24.1 Å². The van der Waals surface area contributed by atoms with E-state index in [0.717, 1.165) is 42.6 Å². The smallest absolute Gasteiger partial charge is 0.336 e. The fourth-order valence-corrected chi connectivity index (χ4v) is 2.72. The summed E-state index contributed by atoms with van der Waals surface area (Å²) in [6.45, 7) is 4.65. The second-order valence-corrected chi connectivity index (χ2v) is 5.37. The highest BCUT2D eigenvalue weighted by molar-refractivity contribution is 5.85. The third kappa shape index (κ3) is 3.03. The number of halogens is 1. The normalized spacial score (nSPS) is 19.2. The summed E-state index contributed by atoms with van der Waals surface area (Å²) in [6.07, 6.45) is 1.03. The quantitative estimate of drug-likeness (QED) is 0.861. The summed E-state index contributed by atoms with van der Waals surface area (Å²) in [5, 5.41) is 1.02. The number of fused-ring (bicyclic) bond motifs is 1. The number of benzene rings is 1. The van der Waals surface area contributed by atoms with Gasteiger partial charge < -0.3 is 10.2 Å². The first-order valence-corrected chi connectivity index (χ1v) is 6.63. The van der Waals surface area contributed by atoms with Gasteiger partial charge in [-0.15, -0.1) is 12.4 Å². The molecule has 1 aromatic heterocycles. The van der Waals surface area contributed by atoms with E-state index >= 15 is 0 Å². The maximum Gasteiger partial charge on any atom is 0.336 e. The van der Waals surface area contributed by atoms with Gasteiger partial charge in [-0.05, 0) is 30.5 Å². The van der Waals surface area contributed by atoms with Gasteiger partial charge in [0, 0.05) is 37.1 Å². The maximum absolute atomic E-state index is 11.6. The molecule has 1 aliphatic rings. The molecule has 108 valence electrons. The van der Waals surface area contributed by atoms with Crippen LogP contribution in [0.25, 0.3) is 11.0 Å². The molecule has 0 bridgehead atoms. The lowest BCUT2D eigenvalue weighted by Crippen LogP contribution is -2.26. The van der Waals surface area contributed by atoms with Crippen molar-refractivity contribution in [2.45, 2.75) is 25.9 Å².